The molecule has 0 unspecified atom stereocenters. The fourth-order valence-electron chi connectivity index (χ4n) is 5.30. The first-order valence-corrected chi connectivity index (χ1v) is 13.7. The van der Waals surface area contributed by atoms with Crippen molar-refractivity contribution in [3.63, 3.8) is 0 Å². The Bertz CT molecular complexity index is 793. The quantitative estimate of drug-likeness (QED) is 0.270. The van der Waals surface area contributed by atoms with Gasteiger partial charge in [-0.05, 0) is 55.2 Å². The van der Waals surface area contributed by atoms with Crippen LogP contribution in [0.3, 0.4) is 0 Å². The van der Waals surface area contributed by atoms with E-state index >= 15 is 0 Å². The zero-order valence-electron chi connectivity index (χ0n) is 21.5. The van der Waals surface area contributed by atoms with Gasteiger partial charge in [0.2, 0.25) is 0 Å². The van der Waals surface area contributed by atoms with Crippen LogP contribution >= 0.6 is 0 Å². The second-order valence-electron chi connectivity index (χ2n) is 10.2. The maximum atomic E-state index is 5.83. The molecule has 182 valence electrons. The van der Waals surface area contributed by atoms with Crippen molar-refractivity contribution in [2.24, 2.45) is 11.8 Å². The molecule has 0 amide bonds. The molecule has 0 radical (unpaired) electrons. The molecule has 1 saturated carbocycles. The van der Waals surface area contributed by atoms with Crippen LogP contribution in [-0.4, -0.2) is 16.6 Å². The van der Waals surface area contributed by atoms with E-state index in [4.69, 9.17) is 4.74 Å². The number of nitrogens with zero attached hydrogens (tertiary/aromatic N) is 2. The predicted octanol–water partition coefficient (Wildman–Crippen LogP) is 8.73. The maximum Gasteiger partial charge on any atom is 0.159 e. The lowest BCUT2D eigenvalue weighted by Gasteiger charge is -2.28. The van der Waals surface area contributed by atoms with E-state index in [0.717, 1.165) is 42.0 Å². The summed E-state index contributed by atoms with van der Waals surface area (Å²) in [6.07, 6.45) is 22.3. The highest BCUT2D eigenvalue weighted by molar-refractivity contribution is 5.57. The van der Waals surface area contributed by atoms with Gasteiger partial charge < -0.3 is 4.74 Å². The van der Waals surface area contributed by atoms with E-state index in [1.54, 1.807) is 0 Å². The van der Waals surface area contributed by atoms with E-state index in [1.165, 1.54) is 94.6 Å². The van der Waals surface area contributed by atoms with Gasteiger partial charge in [0.05, 0.1) is 19.0 Å². The fourth-order valence-corrected chi connectivity index (χ4v) is 5.30. The number of unbranched alkanes of at least 4 members (excludes halogenated alkanes) is 5. The third kappa shape index (κ3) is 8.76. The van der Waals surface area contributed by atoms with Gasteiger partial charge >= 0.3 is 0 Å². The number of ether oxygens (including phenoxy) is 1. The highest BCUT2D eigenvalue weighted by atomic mass is 16.5. The van der Waals surface area contributed by atoms with Crippen LogP contribution in [0.25, 0.3) is 11.4 Å². The summed E-state index contributed by atoms with van der Waals surface area (Å²) in [6, 6.07) is 6.73. The minimum absolute atomic E-state index is 0.753. The zero-order valence-corrected chi connectivity index (χ0v) is 21.5. The van der Waals surface area contributed by atoms with E-state index in [1.807, 2.05) is 12.4 Å². The molecule has 3 rings (SSSR count). The Balaban J connectivity index is 1.42. The summed E-state index contributed by atoms with van der Waals surface area (Å²) in [7, 11) is 0. The van der Waals surface area contributed by atoms with E-state index in [-0.39, 0.29) is 0 Å². The molecule has 0 aliphatic heterocycles. The Morgan fingerprint density at radius 1 is 0.818 bits per heavy atom. The SMILES string of the molecule is CCCCCCCCOc1cnc(-c2ccc(CCC3CCC(CCC)CC3)c(C)c2)nc1. The van der Waals surface area contributed by atoms with Crippen LogP contribution in [-0.2, 0) is 6.42 Å². The molecule has 1 fully saturated rings. The maximum absolute atomic E-state index is 5.83. The molecular weight excluding hydrogens is 404 g/mol. The van der Waals surface area contributed by atoms with Crippen molar-refractivity contribution in [3.05, 3.63) is 41.7 Å². The average Bonchev–Trinajstić information content (AvgIpc) is 2.84. The van der Waals surface area contributed by atoms with Gasteiger partial charge in [-0.15, -0.1) is 0 Å². The molecule has 0 spiro atoms. The topological polar surface area (TPSA) is 35.0 Å². The van der Waals surface area contributed by atoms with Gasteiger partial charge in [0.15, 0.2) is 11.6 Å². The van der Waals surface area contributed by atoms with Crippen LogP contribution in [0, 0.1) is 18.8 Å². The Hall–Kier alpha value is -1.90. The Morgan fingerprint density at radius 3 is 2.15 bits per heavy atom. The summed E-state index contributed by atoms with van der Waals surface area (Å²) in [4.78, 5) is 9.13. The number of benzene rings is 1. The minimum Gasteiger partial charge on any atom is -0.490 e. The van der Waals surface area contributed by atoms with Crippen molar-refractivity contribution < 1.29 is 4.74 Å². The normalized spacial score (nSPS) is 18.4. The summed E-state index contributed by atoms with van der Waals surface area (Å²) >= 11 is 0. The zero-order chi connectivity index (χ0) is 23.3. The molecule has 0 bridgehead atoms. The lowest BCUT2D eigenvalue weighted by Crippen LogP contribution is -2.15. The molecule has 3 heteroatoms. The summed E-state index contributed by atoms with van der Waals surface area (Å²) < 4.78 is 5.83. The van der Waals surface area contributed by atoms with Crippen LogP contribution in [0.15, 0.2) is 30.6 Å². The molecule has 1 aliphatic rings. The van der Waals surface area contributed by atoms with Gasteiger partial charge in [-0.1, -0.05) is 96.6 Å². The van der Waals surface area contributed by atoms with E-state index < -0.39 is 0 Å². The first kappa shape index (κ1) is 25.7. The van der Waals surface area contributed by atoms with Crippen molar-refractivity contribution in [2.45, 2.75) is 111 Å². The van der Waals surface area contributed by atoms with Gasteiger partial charge in [-0.3, -0.25) is 0 Å². The van der Waals surface area contributed by atoms with Crippen LogP contribution < -0.4 is 4.74 Å². The summed E-state index contributed by atoms with van der Waals surface area (Å²) in [5.41, 5.74) is 3.94. The van der Waals surface area contributed by atoms with Gasteiger partial charge in [-0.25, -0.2) is 9.97 Å². The average molecular weight is 451 g/mol. The van der Waals surface area contributed by atoms with Crippen LogP contribution in [0.4, 0.5) is 0 Å². The molecule has 1 aromatic carbocycles. The lowest BCUT2D eigenvalue weighted by atomic mass is 9.78. The summed E-state index contributed by atoms with van der Waals surface area (Å²) in [6.45, 7) is 7.56. The van der Waals surface area contributed by atoms with Crippen molar-refractivity contribution in [1.29, 1.82) is 0 Å². The molecule has 0 atom stereocenters. The van der Waals surface area contributed by atoms with Gasteiger partial charge in [-0.2, -0.15) is 0 Å². The number of aromatic nitrogens is 2. The minimum atomic E-state index is 0.753. The van der Waals surface area contributed by atoms with Gasteiger partial charge in [0.25, 0.3) is 0 Å². The monoisotopic (exact) mass is 450 g/mol. The molecule has 1 aromatic heterocycles. The predicted molar refractivity (Wildman–Crippen MR) is 140 cm³/mol. The molecule has 0 saturated heterocycles. The number of hydrogen-bond acceptors (Lipinski definition) is 3. The smallest absolute Gasteiger partial charge is 0.159 e. The molecule has 1 heterocycles. The summed E-state index contributed by atoms with van der Waals surface area (Å²) in [5.74, 6) is 3.48. The highest BCUT2D eigenvalue weighted by Gasteiger charge is 2.20. The van der Waals surface area contributed by atoms with Crippen molar-refractivity contribution >= 4 is 0 Å². The molecule has 1 aliphatic carbocycles. The largest absolute Gasteiger partial charge is 0.490 e. The third-order valence-electron chi connectivity index (χ3n) is 7.48. The number of rotatable bonds is 14. The first-order valence-electron chi connectivity index (χ1n) is 13.7. The van der Waals surface area contributed by atoms with Crippen LogP contribution in [0.2, 0.25) is 0 Å². The Labute approximate surface area is 202 Å². The fraction of sp³-hybridized carbons (Fsp3) is 0.667. The second-order valence-corrected chi connectivity index (χ2v) is 10.2. The molecule has 33 heavy (non-hydrogen) atoms. The molecular formula is C30H46N2O. The second kappa shape index (κ2) is 14.4. The third-order valence-corrected chi connectivity index (χ3v) is 7.48. The van der Waals surface area contributed by atoms with Crippen molar-refractivity contribution in [3.8, 4) is 17.1 Å². The molecule has 0 N–H and O–H groups in total. The first-order chi connectivity index (χ1) is 16.2. The van der Waals surface area contributed by atoms with E-state index in [2.05, 4.69) is 48.9 Å². The highest BCUT2D eigenvalue weighted by Crippen LogP contribution is 2.34. The van der Waals surface area contributed by atoms with Crippen molar-refractivity contribution in [1.82, 2.24) is 9.97 Å². The Kier molecular flexibility index (Phi) is 11.2. The number of hydrogen-bond donors (Lipinski definition) is 0. The summed E-state index contributed by atoms with van der Waals surface area (Å²) in [5, 5.41) is 0. The standard InChI is InChI=1S/C30H46N2O/c1-4-6-7-8-9-10-20-33-29-22-31-30(32-23-29)28-19-18-27(24(3)21-28)17-16-26-14-12-25(11-5-2)13-15-26/h18-19,21-23,25-26H,4-17,20H2,1-3H3. The van der Waals surface area contributed by atoms with E-state index in [9.17, 15) is 0 Å². The number of aryl methyl sites for hydroxylation is 2. The Morgan fingerprint density at radius 2 is 1.48 bits per heavy atom. The van der Waals surface area contributed by atoms with E-state index in [0.29, 0.717) is 0 Å². The molecule has 3 nitrogen and oxygen atoms in total. The van der Waals surface area contributed by atoms with Gasteiger partial charge in [0.1, 0.15) is 0 Å². The van der Waals surface area contributed by atoms with Gasteiger partial charge in [0, 0.05) is 5.56 Å². The van der Waals surface area contributed by atoms with Crippen LogP contribution in [0.1, 0.15) is 108 Å². The van der Waals surface area contributed by atoms with Crippen LogP contribution in [0.5, 0.6) is 5.75 Å². The van der Waals surface area contributed by atoms with Crippen molar-refractivity contribution in [2.75, 3.05) is 6.61 Å². The molecule has 2 aromatic rings. The lowest BCUT2D eigenvalue weighted by molar-refractivity contribution is 0.252.